The van der Waals surface area contributed by atoms with Crippen molar-refractivity contribution in [2.24, 2.45) is 20.8 Å². The Kier molecular flexibility index (Phi) is 4.74. The van der Waals surface area contributed by atoms with Crippen molar-refractivity contribution in [3.8, 4) is 24.3 Å². The third kappa shape index (κ3) is 2.80. The zero-order valence-corrected chi connectivity index (χ0v) is 15.1. The molecule has 6 heteroatoms. The van der Waals surface area contributed by atoms with Crippen LogP contribution in [0.5, 0.6) is 0 Å². The molecule has 0 radical (unpaired) electrons. The van der Waals surface area contributed by atoms with Gasteiger partial charge in [0.25, 0.3) is 0 Å². The first kappa shape index (κ1) is 18.5. The highest BCUT2D eigenvalue weighted by Crippen LogP contribution is 2.47. The number of nitrogens with zero attached hydrogens (tertiary/aromatic N) is 6. The summed E-state index contributed by atoms with van der Waals surface area (Å²) in [6.45, 7) is 1.94. The molecule has 0 aromatic heterocycles. The van der Waals surface area contributed by atoms with E-state index in [0.29, 0.717) is 17.0 Å². The molecule has 0 aliphatic carbocycles. The van der Waals surface area contributed by atoms with Gasteiger partial charge in [0, 0.05) is 6.42 Å². The van der Waals surface area contributed by atoms with Crippen LogP contribution >= 0.6 is 0 Å². The van der Waals surface area contributed by atoms with Gasteiger partial charge in [0.2, 0.25) is 5.41 Å². The maximum atomic E-state index is 9.86. The quantitative estimate of drug-likeness (QED) is 0.802. The molecule has 1 heterocycles. The van der Waals surface area contributed by atoms with Crippen molar-refractivity contribution in [1.82, 2.24) is 0 Å². The van der Waals surface area contributed by atoms with Crippen LogP contribution in [0.25, 0.3) is 0 Å². The Morgan fingerprint density at radius 1 is 0.857 bits per heavy atom. The standard InChI is InChI=1S/C22H14N6/c1-16-7-9-17(10-8-16)19-11-21(12-23,13-24)22(14-25,15-26)20(28-19)27-18-5-3-2-4-6-18/h2-10H,11H2,1H3. The minimum Gasteiger partial charge on any atom is -0.234 e. The van der Waals surface area contributed by atoms with E-state index in [1.54, 1.807) is 24.3 Å². The third-order valence-corrected chi connectivity index (χ3v) is 4.74. The van der Waals surface area contributed by atoms with Crippen molar-refractivity contribution in [3.63, 3.8) is 0 Å². The molecule has 0 saturated carbocycles. The monoisotopic (exact) mass is 362 g/mol. The van der Waals surface area contributed by atoms with Crippen molar-refractivity contribution in [2.45, 2.75) is 13.3 Å². The molecule has 28 heavy (non-hydrogen) atoms. The lowest BCUT2D eigenvalue weighted by atomic mass is 9.61. The summed E-state index contributed by atoms with van der Waals surface area (Å²) >= 11 is 0. The van der Waals surface area contributed by atoms with Crippen molar-refractivity contribution < 1.29 is 0 Å². The molecular weight excluding hydrogens is 348 g/mol. The first-order valence-corrected chi connectivity index (χ1v) is 8.48. The van der Waals surface area contributed by atoms with Gasteiger partial charge in [-0.25, -0.2) is 9.98 Å². The third-order valence-electron chi connectivity index (χ3n) is 4.74. The van der Waals surface area contributed by atoms with Crippen LogP contribution in [0, 0.1) is 63.1 Å². The van der Waals surface area contributed by atoms with Gasteiger partial charge in [0.05, 0.1) is 35.7 Å². The van der Waals surface area contributed by atoms with Crippen LogP contribution in [0.3, 0.4) is 0 Å². The minimum atomic E-state index is -2.10. The first-order valence-electron chi connectivity index (χ1n) is 8.48. The summed E-state index contributed by atoms with van der Waals surface area (Å²) in [5, 5.41) is 39.4. The van der Waals surface area contributed by atoms with Gasteiger partial charge in [-0.05, 0) is 24.6 Å². The first-order chi connectivity index (χ1) is 13.5. The summed E-state index contributed by atoms with van der Waals surface area (Å²) in [6.07, 6.45) is -0.141. The fourth-order valence-corrected chi connectivity index (χ4v) is 3.06. The van der Waals surface area contributed by atoms with E-state index >= 15 is 0 Å². The fourth-order valence-electron chi connectivity index (χ4n) is 3.06. The van der Waals surface area contributed by atoms with E-state index in [0.717, 1.165) is 5.56 Å². The minimum absolute atomic E-state index is 0.141. The maximum absolute atomic E-state index is 9.86. The van der Waals surface area contributed by atoms with Crippen LogP contribution in [0.15, 0.2) is 64.6 Å². The second-order valence-corrected chi connectivity index (χ2v) is 6.47. The normalized spacial score (nSPS) is 18.0. The van der Waals surface area contributed by atoms with Gasteiger partial charge in [-0.2, -0.15) is 21.0 Å². The number of para-hydroxylation sites is 1. The van der Waals surface area contributed by atoms with E-state index in [9.17, 15) is 21.0 Å². The smallest absolute Gasteiger partial charge is 0.234 e. The molecule has 3 rings (SSSR count). The summed E-state index contributed by atoms with van der Waals surface area (Å²) in [7, 11) is 0. The lowest BCUT2D eigenvalue weighted by molar-refractivity contribution is 0.395. The molecule has 1 aliphatic heterocycles. The number of benzene rings is 2. The predicted octanol–water partition coefficient (Wildman–Crippen LogP) is 3.99. The number of nitriles is 4. The number of amidine groups is 1. The number of aryl methyl sites for hydroxylation is 1. The predicted molar refractivity (Wildman–Crippen MR) is 103 cm³/mol. The van der Waals surface area contributed by atoms with Crippen LogP contribution in [-0.2, 0) is 0 Å². The maximum Gasteiger partial charge on any atom is 0.234 e. The summed E-state index contributed by atoms with van der Waals surface area (Å²) in [6, 6.07) is 23.7. The average molecular weight is 362 g/mol. The van der Waals surface area contributed by atoms with Crippen LogP contribution in [0.2, 0.25) is 0 Å². The zero-order valence-electron chi connectivity index (χ0n) is 15.1. The molecule has 132 valence electrons. The van der Waals surface area contributed by atoms with Gasteiger partial charge in [-0.15, -0.1) is 0 Å². The topological polar surface area (TPSA) is 120 Å². The fraction of sp³-hybridized carbons (Fsp3) is 0.182. The number of rotatable bonds is 2. The molecule has 0 spiro atoms. The number of aliphatic imine (C=N–C) groups is 2. The van der Waals surface area contributed by atoms with Gasteiger partial charge >= 0.3 is 0 Å². The van der Waals surface area contributed by atoms with Crippen molar-refractivity contribution in [1.29, 1.82) is 21.0 Å². The Labute approximate surface area is 162 Å². The summed E-state index contributed by atoms with van der Waals surface area (Å²) in [5.41, 5.74) is -1.34. The molecule has 1 aliphatic rings. The van der Waals surface area contributed by atoms with Gasteiger partial charge in [-0.1, -0.05) is 48.0 Å². The Balaban J connectivity index is 2.32. The lowest BCUT2D eigenvalue weighted by Gasteiger charge is -2.35. The molecule has 0 amide bonds. The highest BCUT2D eigenvalue weighted by molar-refractivity contribution is 6.14. The Morgan fingerprint density at radius 3 is 2.00 bits per heavy atom. The highest BCUT2D eigenvalue weighted by atomic mass is 15.0. The second kappa shape index (κ2) is 7.16. The molecule has 0 fully saturated rings. The van der Waals surface area contributed by atoms with E-state index in [2.05, 4.69) is 9.98 Å². The molecule has 0 N–H and O–H groups in total. The molecule has 2 aromatic carbocycles. The molecule has 0 bridgehead atoms. The Morgan fingerprint density at radius 2 is 1.46 bits per heavy atom. The van der Waals surface area contributed by atoms with E-state index in [-0.39, 0.29) is 12.3 Å². The van der Waals surface area contributed by atoms with Crippen LogP contribution in [0.1, 0.15) is 17.5 Å². The highest BCUT2D eigenvalue weighted by Gasteiger charge is 2.61. The largest absolute Gasteiger partial charge is 0.234 e. The Bertz CT molecular complexity index is 1100. The number of hydrogen-bond acceptors (Lipinski definition) is 5. The van der Waals surface area contributed by atoms with Gasteiger partial charge in [-0.3, -0.25) is 0 Å². The summed E-state index contributed by atoms with van der Waals surface area (Å²) in [4.78, 5) is 8.86. The SMILES string of the molecule is Cc1ccc(C2=NC(=Nc3ccccc3)C(C#N)(C#N)C(C#N)(C#N)C2)cc1. The van der Waals surface area contributed by atoms with Crippen LogP contribution < -0.4 is 0 Å². The summed E-state index contributed by atoms with van der Waals surface area (Å²) in [5.74, 6) is -0.145. The van der Waals surface area contributed by atoms with Crippen molar-refractivity contribution in [2.75, 3.05) is 0 Å². The van der Waals surface area contributed by atoms with Crippen LogP contribution in [0.4, 0.5) is 5.69 Å². The average Bonchev–Trinajstić information content (AvgIpc) is 2.74. The molecular formula is C22H14N6. The molecule has 0 saturated heterocycles. The van der Waals surface area contributed by atoms with Crippen molar-refractivity contribution in [3.05, 3.63) is 65.7 Å². The van der Waals surface area contributed by atoms with Crippen molar-refractivity contribution >= 4 is 17.2 Å². The zero-order chi connectivity index (χ0) is 20.2. The van der Waals surface area contributed by atoms with E-state index < -0.39 is 10.8 Å². The second-order valence-electron chi connectivity index (χ2n) is 6.47. The van der Waals surface area contributed by atoms with Crippen LogP contribution in [-0.4, -0.2) is 11.5 Å². The lowest BCUT2D eigenvalue weighted by Crippen LogP contribution is -2.48. The van der Waals surface area contributed by atoms with Gasteiger partial charge in [0.15, 0.2) is 11.3 Å². The summed E-state index contributed by atoms with van der Waals surface area (Å²) < 4.78 is 0. The molecule has 6 nitrogen and oxygen atoms in total. The van der Waals surface area contributed by atoms with E-state index in [4.69, 9.17) is 0 Å². The van der Waals surface area contributed by atoms with Gasteiger partial charge < -0.3 is 0 Å². The van der Waals surface area contributed by atoms with Gasteiger partial charge in [0.1, 0.15) is 0 Å². The van der Waals surface area contributed by atoms with E-state index in [1.807, 2.05) is 61.5 Å². The number of hydrogen-bond donors (Lipinski definition) is 0. The molecule has 0 unspecified atom stereocenters. The Hall–Kier alpha value is -4.26. The van der Waals surface area contributed by atoms with E-state index in [1.165, 1.54) is 0 Å². The molecule has 2 aromatic rings. The molecule has 0 atom stereocenters.